The molecule has 0 atom stereocenters. The van der Waals surface area contributed by atoms with Crippen LogP contribution in [0.2, 0.25) is 0 Å². The Kier molecular flexibility index (Phi) is 4.25. The molecule has 5 heteroatoms. The summed E-state index contributed by atoms with van der Waals surface area (Å²) in [6, 6.07) is 5.68. The second-order valence-electron chi connectivity index (χ2n) is 12.4. The van der Waals surface area contributed by atoms with E-state index in [2.05, 4.69) is 15.0 Å². The molecule has 0 radical (unpaired) electrons. The number of nitrogens with zero attached hydrogens (tertiary/aromatic N) is 3. The minimum atomic E-state index is -0.915. The Bertz CT molecular complexity index is 4370. The van der Waals surface area contributed by atoms with Crippen molar-refractivity contribution in [2.45, 2.75) is 0 Å². The fourth-order valence-electron chi connectivity index (χ4n) is 6.48. The molecule has 4 nitrogen and oxygen atoms in total. The van der Waals surface area contributed by atoms with E-state index in [1.165, 1.54) is 0 Å². The lowest BCUT2D eigenvalue weighted by atomic mass is 9.95. The molecular weight excluding hydrogens is 703 g/mol. The van der Waals surface area contributed by atoms with Crippen molar-refractivity contribution in [1.29, 1.82) is 0 Å². The Hall–Kier alpha value is -7.21. The quantitative estimate of drug-likeness (QED) is 0.170. The fourth-order valence-corrected chi connectivity index (χ4v) is 7.45. The zero-order valence-electron chi connectivity index (χ0n) is 48.5. The number of rotatable bonds is 6. The van der Waals surface area contributed by atoms with E-state index in [9.17, 15) is 9.60 Å². The van der Waals surface area contributed by atoms with Crippen LogP contribution in [0.15, 0.2) is 192 Å². The summed E-state index contributed by atoms with van der Waals surface area (Å²) in [6.07, 6.45) is 0. The molecule has 3 aromatic heterocycles. The van der Waals surface area contributed by atoms with Crippen molar-refractivity contribution in [2.75, 3.05) is 0 Å². The van der Waals surface area contributed by atoms with E-state index in [4.69, 9.17) is 22.2 Å². The van der Waals surface area contributed by atoms with Gasteiger partial charge in [-0.05, 0) is 70.2 Å². The number of benzene rings is 8. The lowest BCUT2D eigenvalue weighted by molar-refractivity contribution is 0.670. The number of hydrogen-bond donors (Lipinski definition) is 0. The second-order valence-corrected chi connectivity index (χ2v) is 13.5. The summed E-state index contributed by atoms with van der Waals surface area (Å²) in [7, 11) is 0. The third-order valence-electron chi connectivity index (χ3n) is 9.04. The van der Waals surface area contributed by atoms with Gasteiger partial charge in [-0.15, -0.1) is 11.3 Å². The van der Waals surface area contributed by atoms with Crippen LogP contribution in [-0.2, 0) is 0 Å². The highest BCUT2D eigenvalue weighted by atomic mass is 32.1. The minimum absolute atomic E-state index is 0.000414. The maximum atomic E-state index is 9.77. The predicted octanol–water partition coefficient (Wildman–Crippen LogP) is 14.1. The Labute approximate surface area is 355 Å². The summed E-state index contributed by atoms with van der Waals surface area (Å²) < 4.78 is 184. The average molecular weight is 754 g/mol. The van der Waals surface area contributed by atoms with Crippen LogP contribution in [0.25, 0.3) is 110 Å². The Morgan fingerprint density at radius 2 is 1.05 bits per heavy atom. The monoisotopic (exact) mass is 753 g/mol. The molecule has 0 saturated heterocycles. The highest BCUT2D eigenvalue weighted by Gasteiger charge is 2.18. The molecule has 3 heterocycles. The molecule has 0 aliphatic heterocycles. The van der Waals surface area contributed by atoms with Crippen LogP contribution in [0, 0.1) is 0 Å². The van der Waals surface area contributed by atoms with Gasteiger partial charge in [0.1, 0.15) is 11.2 Å². The molecule has 0 amide bonds. The van der Waals surface area contributed by atoms with Crippen LogP contribution in [0.4, 0.5) is 0 Å². The van der Waals surface area contributed by atoms with Gasteiger partial charge in [0.25, 0.3) is 0 Å². The third kappa shape index (κ3) is 5.65. The Morgan fingerprint density at radius 1 is 0.411 bits per heavy atom. The first-order valence-corrected chi connectivity index (χ1v) is 17.9. The van der Waals surface area contributed by atoms with Crippen LogP contribution in [-0.4, -0.2) is 15.0 Å². The summed E-state index contributed by atoms with van der Waals surface area (Å²) in [5.74, 6) is -2.15. The van der Waals surface area contributed by atoms with Crippen molar-refractivity contribution >= 4 is 53.4 Å². The van der Waals surface area contributed by atoms with E-state index in [-0.39, 0.29) is 43.9 Å². The summed E-state index contributed by atoms with van der Waals surface area (Å²) in [5, 5.41) is 1.35. The first kappa shape index (κ1) is 17.9. The smallest absolute Gasteiger partial charge is 0.164 e. The molecule has 0 N–H and O–H groups in total. The molecule has 0 aliphatic carbocycles. The number of para-hydroxylation sites is 1. The van der Waals surface area contributed by atoms with E-state index in [0.29, 0.717) is 27.7 Å². The fraction of sp³-hybridized carbons (Fsp3) is 0. The van der Waals surface area contributed by atoms with Gasteiger partial charge in [-0.3, -0.25) is 0 Å². The highest BCUT2D eigenvalue weighted by molar-refractivity contribution is 7.25. The molecule has 0 fully saturated rings. The van der Waals surface area contributed by atoms with E-state index in [1.54, 1.807) is 12.1 Å². The number of fused-ring (bicyclic) bond motifs is 6. The normalized spacial score (nSPS) is 16.6. The number of aromatic nitrogens is 3. The highest BCUT2D eigenvalue weighted by Crippen LogP contribution is 2.42. The van der Waals surface area contributed by atoms with Gasteiger partial charge >= 0.3 is 0 Å². The Balaban J connectivity index is 1.20. The maximum absolute atomic E-state index is 9.77. The lowest BCUT2D eigenvalue weighted by Gasteiger charge is -2.10. The predicted molar refractivity (Wildman–Crippen MR) is 233 cm³/mol. The van der Waals surface area contributed by atoms with Gasteiger partial charge in [0.05, 0.1) is 27.4 Å². The molecule has 8 aromatic carbocycles. The van der Waals surface area contributed by atoms with Crippen molar-refractivity contribution < 1.29 is 31.8 Å². The SMILES string of the molecule is [2H]c1c([2H])c([2H])c(-c2nc(-c3c([2H])c([2H])c([2H])c(-c4c([2H])c([2H])c([2H])c([2H])c4[2H])c3[2H])nc(-c3c([2H])c([2H])c4c(sc5c([2H])c([2H])c(-c6cc(-c7ccccc7)c7oc8ccccc8c7c6)c([2H])c54)c3[2H])n2)c([2H])c1[2H]. The van der Waals surface area contributed by atoms with E-state index in [1.807, 2.05) is 54.6 Å². The van der Waals surface area contributed by atoms with Crippen LogP contribution >= 0.6 is 11.3 Å². The van der Waals surface area contributed by atoms with Gasteiger partial charge < -0.3 is 4.42 Å². The largest absolute Gasteiger partial charge is 0.455 e. The molecule has 262 valence electrons. The summed E-state index contributed by atoms with van der Waals surface area (Å²) >= 11 is 0.790. The van der Waals surface area contributed by atoms with Crippen LogP contribution in [0.1, 0.15) is 27.4 Å². The summed E-state index contributed by atoms with van der Waals surface area (Å²) in [5.41, 5.74) is -0.252. The van der Waals surface area contributed by atoms with Crippen LogP contribution in [0.3, 0.4) is 0 Å². The van der Waals surface area contributed by atoms with Gasteiger partial charge in [0, 0.05) is 53.2 Å². The van der Waals surface area contributed by atoms with Crippen molar-refractivity contribution in [3.05, 3.63) is 188 Å². The first-order chi connectivity index (χ1) is 36.1. The van der Waals surface area contributed by atoms with Crippen molar-refractivity contribution in [2.24, 2.45) is 0 Å². The zero-order chi connectivity index (χ0) is 54.4. The molecule has 0 aliphatic rings. The summed E-state index contributed by atoms with van der Waals surface area (Å²) in [4.78, 5) is 13.2. The van der Waals surface area contributed by atoms with Gasteiger partial charge in [-0.2, -0.15) is 0 Å². The average Bonchev–Trinajstić information content (AvgIpc) is 4.03. The van der Waals surface area contributed by atoms with E-state index < -0.39 is 148 Å². The zero-order valence-corrected chi connectivity index (χ0v) is 29.3. The first-order valence-electron chi connectivity index (χ1n) is 27.1. The Morgan fingerprint density at radius 3 is 1.86 bits per heavy atom. The number of hydrogen-bond acceptors (Lipinski definition) is 5. The molecule has 56 heavy (non-hydrogen) atoms. The molecule has 0 bridgehead atoms. The van der Waals surface area contributed by atoms with Crippen molar-refractivity contribution in [3.8, 4) is 67.5 Å². The summed E-state index contributed by atoms with van der Waals surface area (Å²) in [6.45, 7) is 0. The lowest BCUT2D eigenvalue weighted by Crippen LogP contribution is -2.00. The maximum Gasteiger partial charge on any atom is 0.164 e. The molecule has 0 unspecified atom stereocenters. The van der Waals surface area contributed by atoms with Crippen LogP contribution < -0.4 is 0 Å². The van der Waals surface area contributed by atoms with Gasteiger partial charge in [-0.25, -0.2) is 15.0 Å². The van der Waals surface area contributed by atoms with Gasteiger partial charge in [0.15, 0.2) is 17.5 Å². The molecular formula is C51H31N3OS. The number of furan rings is 1. The van der Waals surface area contributed by atoms with Gasteiger partial charge in [0.2, 0.25) is 0 Å². The molecule has 11 aromatic rings. The topological polar surface area (TPSA) is 51.8 Å². The molecule has 0 spiro atoms. The molecule has 11 rings (SSSR count). The van der Waals surface area contributed by atoms with Crippen LogP contribution in [0.5, 0.6) is 0 Å². The second kappa shape index (κ2) is 13.3. The van der Waals surface area contributed by atoms with E-state index in [0.717, 1.165) is 22.3 Å². The van der Waals surface area contributed by atoms with Gasteiger partial charge in [-0.1, -0.05) is 145 Å². The van der Waals surface area contributed by atoms with Crippen molar-refractivity contribution in [1.82, 2.24) is 15.0 Å². The standard InChI is InChI=1S/C51H31N3OS/c1-4-13-32(14-5-1)35-19-12-20-37(27-35)50-52-49(34-17-8-3-9-18-34)53-51(54-50)38-23-25-41-43-28-36(24-26-46(43)56-47(41)31-38)39-29-42(33-15-6-2-7-16-33)48-44(30-39)40-21-10-11-22-45(40)55-48/h1-31H/i1D,3D,4D,5D,8D,9D,12D,13D,14D,17D,18D,19D,20D,23D,24D,25D,26D,27D,28D,31D. The third-order valence-corrected chi connectivity index (χ3v) is 10.1. The van der Waals surface area contributed by atoms with E-state index >= 15 is 0 Å². The molecule has 0 saturated carbocycles. The van der Waals surface area contributed by atoms with Crippen molar-refractivity contribution in [3.63, 3.8) is 0 Å². The number of thiophene rings is 1. The minimum Gasteiger partial charge on any atom is -0.455 e.